The quantitative estimate of drug-likeness (QED) is 0.466. The standard InChI is InChI=1S/C19H22FN3O2S/c20-16-9-7-15(8-10-16)13-22-19(25)23-14-18(24)21-11-4-12-26-17-5-2-1-3-6-17/h1-3,5-10H,4,11-14H2,(H,21,24)(H2,22,23,25). The van der Waals surface area contributed by atoms with Gasteiger partial charge in [-0.1, -0.05) is 30.3 Å². The van der Waals surface area contributed by atoms with Crippen LogP contribution in [0.2, 0.25) is 0 Å². The Kier molecular flexibility index (Phi) is 8.48. The van der Waals surface area contributed by atoms with Gasteiger partial charge in [0, 0.05) is 18.0 Å². The number of nitrogens with one attached hydrogen (secondary N) is 3. The fourth-order valence-corrected chi connectivity index (χ4v) is 2.95. The maximum atomic E-state index is 12.8. The molecule has 2 aromatic carbocycles. The molecule has 0 heterocycles. The minimum absolute atomic E-state index is 0.0823. The Morgan fingerprint density at radius 2 is 1.65 bits per heavy atom. The first kappa shape index (κ1) is 19.8. The average molecular weight is 375 g/mol. The topological polar surface area (TPSA) is 70.2 Å². The molecule has 26 heavy (non-hydrogen) atoms. The molecule has 0 fully saturated rings. The fraction of sp³-hybridized carbons (Fsp3) is 0.263. The van der Waals surface area contributed by atoms with E-state index in [1.165, 1.54) is 17.0 Å². The Morgan fingerprint density at radius 3 is 2.38 bits per heavy atom. The first-order valence-corrected chi connectivity index (χ1v) is 9.33. The third-order valence-electron chi connectivity index (χ3n) is 3.43. The van der Waals surface area contributed by atoms with E-state index in [0.29, 0.717) is 6.54 Å². The molecule has 0 aliphatic heterocycles. The largest absolute Gasteiger partial charge is 0.355 e. The van der Waals surface area contributed by atoms with Crippen LogP contribution in [-0.4, -0.2) is 30.8 Å². The van der Waals surface area contributed by atoms with Gasteiger partial charge in [-0.15, -0.1) is 11.8 Å². The third kappa shape index (κ3) is 8.02. The SMILES string of the molecule is O=C(CNC(=O)NCc1ccc(F)cc1)NCCCSc1ccccc1. The van der Waals surface area contributed by atoms with Crippen LogP contribution in [0.3, 0.4) is 0 Å². The van der Waals surface area contributed by atoms with E-state index in [1.807, 2.05) is 18.2 Å². The third-order valence-corrected chi connectivity index (χ3v) is 4.53. The molecule has 3 amide bonds. The van der Waals surface area contributed by atoms with Gasteiger partial charge in [0.2, 0.25) is 5.91 Å². The molecule has 7 heteroatoms. The Labute approximate surface area is 156 Å². The van der Waals surface area contributed by atoms with Crippen molar-refractivity contribution in [3.8, 4) is 0 Å². The zero-order valence-corrected chi connectivity index (χ0v) is 15.2. The number of hydrogen-bond acceptors (Lipinski definition) is 3. The normalized spacial score (nSPS) is 10.2. The molecule has 0 aliphatic carbocycles. The van der Waals surface area contributed by atoms with E-state index in [4.69, 9.17) is 0 Å². The van der Waals surface area contributed by atoms with Gasteiger partial charge in [0.1, 0.15) is 5.82 Å². The van der Waals surface area contributed by atoms with Crippen molar-refractivity contribution in [1.82, 2.24) is 16.0 Å². The van der Waals surface area contributed by atoms with Gasteiger partial charge in [-0.3, -0.25) is 4.79 Å². The van der Waals surface area contributed by atoms with Crippen molar-refractivity contribution in [3.05, 3.63) is 66.0 Å². The van der Waals surface area contributed by atoms with Crippen molar-refractivity contribution in [2.24, 2.45) is 0 Å². The zero-order chi connectivity index (χ0) is 18.6. The number of carbonyl (C=O) groups excluding carboxylic acids is 2. The van der Waals surface area contributed by atoms with Crippen molar-refractivity contribution in [3.63, 3.8) is 0 Å². The molecule has 0 saturated carbocycles. The maximum absolute atomic E-state index is 12.8. The number of halogens is 1. The summed E-state index contributed by atoms with van der Waals surface area (Å²) in [6.07, 6.45) is 0.849. The molecule has 0 spiro atoms. The van der Waals surface area contributed by atoms with Crippen LogP contribution in [0.1, 0.15) is 12.0 Å². The number of hydrogen-bond donors (Lipinski definition) is 3. The summed E-state index contributed by atoms with van der Waals surface area (Å²) in [5.74, 6) is 0.360. The molecule has 138 valence electrons. The van der Waals surface area contributed by atoms with Crippen molar-refractivity contribution >= 4 is 23.7 Å². The molecule has 0 bridgehead atoms. The molecule has 0 unspecified atom stereocenters. The molecular formula is C19H22FN3O2S. The van der Waals surface area contributed by atoms with E-state index in [-0.39, 0.29) is 24.8 Å². The molecule has 0 radical (unpaired) electrons. The number of carbonyl (C=O) groups is 2. The molecule has 0 atom stereocenters. The summed E-state index contributed by atoms with van der Waals surface area (Å²) in [4.78, 5) is 24.5. The van der Waals surface area contributed by atoms with E-state index in [2.05, 4.69) is 28.1 Å². The van der Waals surface area contributed by atoms with Crippen LogP contribution in [-0.2, 0) is 11.3 Å². The van der Waals surface area contributed by atoms with Crippen molar-refractivity contribution in [2.45, 2.75) is 17.9 Å². The van der Waals surface area contributed by atoms with E-state index in [1.54, 1.807) is 23.9 Å². The van der Waals surface area contributed by atoms with E-state index in [9.17, 15) is 14.0 Å². The van der Waals surface area contributed by atoms with Crippen LogP contribution < -0.4 is 16.0 Å². The highest BCUT2D eigenvalue weighted by Gasteiger charge is 2.05. The smallest absolute Gasteiger partial charge is 0.315 e. The maximum Gasteiger partial charge on any atom is 0.315 e. The van der Waals surface area contributed by atoms with Crippen LogP contribution in [0.15, 0.2) is 59.5 Å². The molecule has 0 aromatic heterocycles. The molecule has 5 nitrogen and oxygen atoms in total. The minimum Gasteiger partial charge on any atom is -0.355 e. The summed E-state index contributed by atoms with van der Waals surface area (Å²) in [6, 6.07) is 15.5. The summed E-state index contributed by atoms with van der Waals surface area (Å²) in [5, 5.41) is 7.87. The van der Waals surface area contributed by atoms with Crippen LogP contribution in [0.5, 0.6) is 0 Å². The lowest BCUT2D eigenvalue weighted by Crippen LogP contribution is -2.42. The fourth-order valence-electron chi connectivity index (χ4n) is 2.08. The number of urea groups is 1. The molecule has 0 aliphatic rings. The van der Waals surface area contributed by atoms with E-state index < -0.39 is 6.03 Å². The lowest BCUT2D eigenvalue weighted by atomic mass is 10.2. The van der Waals surface area contributed by atoms with E-state index in [0.717, 1.165) is 17.7 Å². The van der Waals surface area contributed by atoms with Crippen molar-refractivity contribution in [1.29, 1.82) is 0 Å². The molecule has 3 N–H and O–H groups in total. The van der Waals surface area contributed by atoms with Gasteiger partial charge in [0.15, 0.2) is 0 Å². The molecule has 2 rings (SSSR count). The molecular weight excluding hydrogens is 353 g/mol. The minimum atomic E-state index is -0.441. The zero-order valence-electron chi connectivity index (χ0n) is 14.3. The second-order valence-electron chi connectivity index (χ2n) is 5.53. The lowest BCUT2D eigenvalue weighted by molar-refractivity contribution is -0.120. The van der Waals surface area contributed by atoms with Crippen LogP contribution >= 0.6 is 11.8 Å². The highest BCUT2D eigenvalue weighted by molar-refractivity contribution is 7.99. The van der Waals surface area contributed by atoms with Gasteiger partial charge in [-0.2, -0.15) is 0 Å². The lowest BCUT2D eigenvalue weighted by Gasteiger charge is -2.08. The first-order chi connectivity index (χ1) is 12.6. The summed E-state index contributed by atoms with van der Waals surface area (Å²) in [5.41, 5.74) is 0.780. The molecule has 0 saturated heterocycles. The monoisotopic (exact) mass is 375 g/mol. The number of benzene rings is 2. The van der Waals surface area contributed by atoms with Gasteiger partial charge >= 0.3 is 6.03 Å². The van der Waals surface area contributed by atoms with Gasteiger partial charge in [-0.25, -0.2) is 9.18 Å². The Hall–Kier alpha value is -2.54. The van der Waals surface area contributed by atoms with Crippen molar-refractivity contribution in [2.75, 3.05) is 18.8 Å². The Bertz CT molecular complexity index is 696. The second kappa shape index (κ2) is 11.1. The first-order valence-electron chi connectivity index (χ1n) is 8.34. The average Bonchev–Trinajstić information content (AvgIpc) is 2.66. The van der Waals surface area contributed by atoms with Gasteiger partial charge in [-0.05, 0) is 42.0 Å². The predicted molar refractivity (Wildman–Crippen MR) is 101 cm³/mol. The van der Waals surface area contributed by atoms with Crippen LogP contribution in [0.25, 0.3) is 0 Å². The number of thioether (sulfide) groups is 1. The Balaban J connectivity index is 1.51. The summed E-state index contributed by atoms with van der Waals surface area (Å²) < 4.78 is 12.8. The Morgan fingerprint density at radius 1 is 0.923 bits per heavy atom. The van der Waals surface area contributed by atoms with Gasteiger partial charge in [0.25, 0.3) is 0 Å². The van der Waals surface area contributed by atoms with Gasteiger partial charge in [0.05, 0.1) is 6.54 Å². The summed E-state index contributed by atoms with van der Waals surface area (Å²) in [7, 11) is 0. The highest BCUT2D eigenvalue weighted by atomic mass is 32.2. The predicted octanol–water partition coefficient (Wildman–Crippen LogP) is 2.92. The summed E-state index contributed by atoms with van der Waals surface area (Å²) in [6.45, 7) is 0.753. The highest BCUT2D eigenvalue weighted by Crippen LogP contribution is 2.17. The van der Waals surface area contributed by atoms with Gasteiger partial charge < -0.3 is 16.0 Å². The van der Waals surface area contributed by atoms with E-state index >= 15 is 0 Å². The van der Waals surface area contributed by atoms with Crippen molar-refractivity contribution < 1.29 is 14.0 Å². The van der Waals surface area contributed by atoms with Crippen LogP contribution in [0, 0.1) is 5.82 Å². The number of rotatable bonds is 9. The second-order valence-corrected chi connectivity index (χ2v) is 6.70. The van der Waals surface area contributed by atoms with Crippen LogP contribution in [0.4, 0.5) is 9.18 Å². The molecule has 2 aromatic rings. The summed E-state index contributed by atoms with van der Waals surface area (Å²) >= 11 is 1.74. The number of amides is 3.